The van der Waals surface area contributed by atoms with Crippen LogP contribution < -0.4 is 5.32 Å². The quantitative estimate of drug-likeness (QED) is 0.581. The van der Waals surface area contributed by atoms with E-state index in [9.17, 15) is 13.2 Å². The number of hydrogen-bond donors (Lipinski definition) is 1. The van der Waals surface area contributed by atoms with E-state index < -0.39 is 12.1 Å². The highest BCUT2D eigenvalue weighted by Gasteiger charge is 2.40. The van der Waals surface area contributed by atoms with Gasteiger partial charge in [-0.05, 0) is 19.8 Å². The summed E-state index contributed by atoms with van der Waals surface area (Å²) in [6.07, 6.45) is -3.10. The summed E-state index contributed by atoms with van der Waals surface area (Å²) < 4.78 is 36.1. The molecule has 1 N–H and O–H groups in total. The molecule has 4 heteroatoms. The van der Waals surface area contributed by atoms with Crippen LogP contribution in [0.4, 0.5) is 13.2 Å². The molecule has 0 radical (unpaired) electrons. The lowest BCUT2D eigenvalue weighted by Gasteiger charge is -2.28. The molecule has 0 unspecified atom stereocenters. The Bertz CT molecular complexity index is 124. The first-order valence-electron chi connectivity index (χ1n) is 3.80. The molecule has 1 aliphatic rings. The second-order valence-electron chi connectivity index (χ2n) is 3.13. The number of alkyl halides is 3. The highest BCUT2D eigenvalue weighted by molar-refractivity contribution is 4.78. The van der Waals surface area contributed by atoms with E-state index in [0.717, 1.165) is 0 Å². The van der Waals surface area contributed by atoms with Crippen LogP contribution in [0.1, 0.15) is 19.8 Å². The first kappa shape index (κ1) is 8.84. The molecule has 0 aromatic heterocycles. The van der Waals surface area contributed by atoms with Crippen LogP contribution >= 0.6 is 0 Å². The van der Waals surface area contributed by atoms with E-state index in [-0.39, 0.29) is 19.0 Å². The van der Waals surface area contributed by atoms with Gasteiger partial charge in [0, 0.05) is 12.6 Å². The molecule has 1 nitrogen and oxygen atoms in total. The van der Waals surface area contributed by atoms with Crippen LogP contribution in [-0.2, 0) is 0 Å². The summed E-state index contributed by atoms with van der Waals surface area (Å²) in [5.41, 5.74) is 0. The average molecular weight is 167 g/mol. The van der Waals surface area contributed by atoms with Crippen molar-refractivity contribution in [1.82, 2.24) is 5.32 Å². The van der Waals surface area contributed by atoms with Crippen LogP contribution in [0.2, 0.25) is 0 Å². The maximum Gasteiger partial charge on any atom is 0.393 e. The van der Waals surface area contributed by atoms with Crippen molar-refractivity contribution >= 4 is 0 Å². The molecule has 0 spiro atoms. The van der Waals surface area contributed by atoms with Crippen molar-refractivity contribution in [2.24, 2.45) is 5.92 Å². The first-order chi connectivity index (χ1) is 5.00. The van der Waals surface area contributed by atoms with Crippen molar-refractivity contribution < 1.29 is 13.2 Å². The van der Waals surface area contributed by atoms with E-state index in [2.05, 4.69) is 5.32 Å². The summed E-state index contributed by atoms with van der Waals surface area (Å²) in [4.78, 5) is 0. The third-order valence-corrected chi connectivity index (χ3v) is 2.12. The molecule has 0 bridgehead atoms. The normalized spacial score (nSPS) is 33.8. The second kappa shape index (κ2) is 3.01. The van der Waals surface area contributed by atoms with Gasteiger partial charge in [-0.15, -0.1) is 0 Å². The van der Waals surface area contributed by atoms with Gasteiger partial charge in [-0.2, -0.15) is 13.2 Å². The molecule has 0 aromatic carbocycles. The van der Waals surface area contributed by atoms with Crippen LogP contribution in [-0.4, -0.2) is 18.8 Å². The van der Waals surface area contributed by atoms with Crippen LogP contribution in [0.3, 0.4) is 0 Å². The first-order valence-corrected chi connectivity index (χ1v) is 3.80. The van der Waals surface area contributed by atoms with E-state index in [0.29, 0.717) is 6.42 Å². The maximum atomic E-state index is 12.0. The molecular weight excluding hydrogens is 155 g/mol. The monoisotopic (exact) mass is 167 g/mol. The lowest BCUT2D eigenvalue weighted by atomic mass is 9.95. The van der Waals surface area contributed by atoms with Crippen molar-refractivity contribution in [3.05, 3.63) is 0 Å². The zero-order valence-corrected chi connectivity index (χ0v) is 6.41. The predicted octanol–water partition coefficient (Wildman–Crippen LogP) is 1.94. The highest BCUT2D eigenvalue weighted by Crippen LogP contribution is 2.31. The molecule has 0 aromatic rings. The highest BCUT2D eigenvalue weighted by atomic mass is 19.4. The third-order valence-electron chi connectivity index (χ3n) is 2.12. The van der Waals surface area contributed by atoms with Gasteiger partial charge in [-0.25, -0.2) is 0 Å². The number of halogens is 3. The van der Waals surface area contributed by atoms with Crippen molar-refractivity contribution in [1.29, 1.82) is 0 Å². The minimum Gasteiger partial charge on any atom is -0.314 e. The van der Waals surface area contributed by atoms with E-state index in [1.54, 1.807) is 0 Å². The average Bonchev–Trinajstić information content (AvgIpc) is 1.86. The topological polar surface area (TPSA) is 12.0 Å². The molecule has 1 aliphatic heterocycles. The van der Waals surface area contributed by atoms with Crippen molar-refractivity contribution in [3.8, 4) is 0 Å². The Kier molecular flexibility index (Phi) is 2.42. The number of nitrogens with one attached hydrogen (secondary N) is 1. The second-order valence-corrected chi connectivity index (χ2v) is 3.13. The predicted molar refractivity (Wildman–Crippen MR) is 36.2 cm³/mol. The lowest BCUT2D eigenvalue weighted by molar-refractivity contribution is -0.179. The van der Waals surface area contributed by atoms with E-state index in [1.807, 2.05) is 6.92 Å². The van der Waals surface area contributed by atoms with Crippen LogP contribution in [0.15, 0.2) is 0 Å². The Balaban J connectivity index is 2.39. The number of hydrogen-bond acceptors (Lipinski definition) is 1. The summed E-state index contributed by atoms with van der Waals surface area (Å²) >= 11 is 0. The molecule has 1 fully saturated rings. The van der Waals surface area contributed by atoms with Crippen molar-refractivity contribution in [2.45, 2.75) is 32.0 Å². The summed E-state index contributed by atoms with van der Waals surface area (Å²) in [5.74, 6) is -1.13. The Morgan fingerprint density at radius 3 is 2.27 bits per heavy atom. The maximum absolute atomic E-state index is 12.0. The van der Waals surface area contributed by atoms with Gasteiger partial charge in [0.05, 0.1) is 5.92 Å². The summed E-state index contributed by atoms with van der Waals surface area (Å²) in [7, 11) is 0. The summed E-state index contributed by atoms with van der Waals surface area (Å²) in [6.45, 7) is 2.00. The lowest BCUT2D eigenvalue weighted by Crippen LogP contribution is -2.42. The van der Waals surface area contributed by atoms with Gasteiger partial charge >= 0.3 is 6.18 Å². The van der Waals surface area contributed by atoms with E-state index in [4.69, 9.17) is 0 Å². The number of piperidine rings is 1. The summed E-state index contributed by atoms with van der Waals surface area (Å²) in [6, 6.07) is 0.244. The van der Waals surface area contributed by atoms with E-state index >= 15 is 0 Å². The Hall–Kier alpha value is -0.250. The van der Waals surface area contributed by atoms with Gasteiger partial charge < -0.3 is 5.32 Å². The van der Waals surface area contributed by atoms with Gasteiger partial charge in [0.15, 0.2) is 0 Å². The van der Waals surface area contributed by atoms with Gasteiger partial charge in [0.2, 0.25) is 0 Å². The SMILES string of the molecule is C[C@@H]1CC[C@H](C(F)(F)F)CN1. The minimum atomic E-state index is -4.01. The van der Waals surface area contributed by atoms with Crippen LogP contribution in [0.5, 0.6) is 0 Å². The molecule has 11 heavy (non-hydrogen) atoms. The van der Waals surface area contributed by atoms with Gasteiger partial charge in [-0.1, -0.05) is 0 Å². The van der Waals surface area contributed by atoms with Crippen LogP contribution in [0.25, 0.3) is 0 Å². The molecule has 1 heterocycles. The third kappa shape index (κ3) is 2.36. The molecule has 1 saturated heterocycles. The molecule has 0 amide bonds. The van der Waals surface area contributed by atoms with Gasteiger partial charge in [-0.3, -0.25) is 0 Å². The van der Waals surface area contributed by atoms with Crippen LogP contribution in [0, 0.1) is 5.92 Å². The van der Waals surface area contributed by atoms with Crippen molar-refractivity contribution in [3.63, 3.8) is 0 Å². The molecule has 0 saturated carbocycles. The molecule has 66 valence electrons. The molecule has 0 aliphatic carbocycles. The van der Waals surface area contributed by atoms with Crippen molar-refractivity contribution in [2.75, 3.05) is 6.54 Å². The van der Waals surface area contributed by atoms with Gasteiger partial charge in [0.25, 0.3) is 0 Å². The zero-order chi connectivity index (χ0) is 8.48. The van der Waals surface area contributed by atoms with E-state index in [1.165, 1.54) is 0 Å². The molecule has 1 rings (SSSR count). The Labute approximate surface area is 64.0 Å². The Morgan fingerprint density at radius 2 is 1.91 bits per heavy atom. The zero-order valence-electron chi connectivity index (χ0n) is 6.41. The fraction of sp³-hybridized carbons (Fsp3) is 1.00. The Morgan fingerprint density at radius 1 is 1.27 bits per heavy atom. The fourth-order valence-electron chi connectivity index (χ4n) is 1.28. The number of rotatable bonds is 0. The fourth-order valence-corrected chi connectivity index (χ4v) is 1.28. The smallest absolute Gasteiger partial charge is 0.314 e. The standard InChI is InChI=1S/C7H12F3N/c1-5-2-3-6(4-11-5)7(8,9)10/h5-6,11H,2-4H2,1H3/t5-,6+/m1/s1. The summed E-state index contributed by atoms with van der Waals surface area (Å²) in [5, 5.41) is 2.82. The largest absolute Gasteiger partial charge is 0.393 e. The molecule has 2 atom stereocenters. The molecular formula is C7H12F3N. The van der Waals surface area contributed by atoms with Gasteiger partial charge in [0.1, 0.15) is 0 Å². The minimum absolute atomic E-state index is 0.0880.